The summed E-state index contributed by atoms with van der Waals surface area (Å²) in [6.07, 6.45) is 3.59. The predicted octanol–water partition coefficient (Wildman–Crippen LogP) is 3.50. The van der Waals surface area contributed by atoms with Crippen LogP contribution in [0.1, 0.15) is 22.6 Å². The van der Waals surface area contributed by atoms with Gasteiger partial charge in [0.05, 0.1) is 0 Å². The molecule has 0 saturated heterocycles. The Morgan fingerprint density at radius 3 is 2.70 bits per heavy atom. The molecule has 5 heteroatoms. The van der Waals surface area contributed by atoms with Gasteiger partial charge in [0.25, 0.3) is 0 Å². The first-order chi connectivity index (χ1) is 11.2. The van der Waals surface area contributed by atoms with E-state index in [-0.39, 0.29) is 0 Å². The van der Waals surface area contributed by atoms with Gasteiger partial charge in [0, 0.05) is 36.7 Å². The van der Waals surface area contributed by atoms with Crippen molar-refractivity contribution in [3.8, 4) is 11.6 Å². The van der Waals surface area contributed by atoms with Crippen molar-refractivity contribution < 1.29 is 4.74 Å². The Balaban J connectivity index is 1.67. The highest BCUT2D eigenvalue weighted by molar-refractivity contribution is 5.37. The molecule has 0 aliphatic carbocycles. The van der Waals surface area contributed by atoms with Gasteiger partial charge in [-0.3, -0.25) is 0 Å². The van der Waals surface area contributed by atoms with Crippen LogP contribution in [0.2, 0.25) is 0 Å². The zero-order valence-corrected chi connectivity index (χ0v) is 13.3. The molecule has 3 aromatic rings. The minimum Gasteiger partial charge on any atom is -0.438 e. The lowest BCUT2D eigenvalue weighted by atomic mass is 10.2. The Morgan fingerprint density at radius 2 is 1.91 bits per heavy atom. The smallest absolute Gasteiger partial charge is 0.223 e. The van der Waals surface area contributed by atoms with Crippen molar-refractivity contribution in [1.29, 1.82) is 0 Å². The van der Waals surface area contributed by atoms with Gasteiger partial charge in [-0.25, -0.2) is 9.97 Å². The summed E-state index contributed by atoms with van der Waals surface area (Å²) in [7, 11) is 0. The Bertz CT molecular complexity index is 782. The van der Waals surface area contributed by atoms with Crippen molar-refractivity contribution in [3.63, 3.8) is 0 Å². The number of hydrogen-bond acceptors (Lipinski definition) is 4. The number of para-hydroxylation sites is 1. The standard InChI is InChI=1S/C18H20N4O/c1-13-6-3-4-8-17(13)23-18-15(7-5-9-20-18)10-19-11-16-12-21-14(2)22-16/h3-9,12,19H,10-11H2,1-2H3,(H,21,22). The van der Waals surface area contributed by atoms with Crippen molar-refractivity contribution in [2.75, 3.05) is 0 Å². The van der Waals surface area contributed by atoms with Crippen LogP contribution in [0, 0.1) is 13.8 Å². The molecule has 0 amide bonds. The second-order valence-electron chi connectivity index (χ2n) is 5.43. The van der Waals surface area contributed by atoms with Crippen LogP contribution < -0.4 is 10.1 Å². The van der Waals surface area contributed by atoms with Gasteiger partial charge < -0.3 is 15.0 Å². The third-order valence-corrected chi connectivity index (χ3v) is 3.54. The van der Waals surface area contributed by atoms with E-state index < -0.39 is 0 Å². The van der Waals surface area contributed by atoms with Gasteiger partial charge in [-0.15, -0.1) is 0 Å². The number of aromatic amines is 1. The second-order valence-corrected chi connectivity index (χ2v) is 5.43. The molecule has 23 heavy (non-hydrogen) atoms. The first kappa shape index (κ1) is 15.2. The minimum atomic E-state index is 0.634. The second kappa shape index (κ2) is 7.07. The third-order valence-electron chi connectivity index (χ3n) is 3.54. The highest BCUT2D eigenvalue weighted by atomic mass is 16.5. The van der Waals surface area contributed by atoms with E-state index in [1.165, 1.54) is 0 Å². The van der Waals surface area contributed by atoms with Gasteiger partial charge >= 0.3 is 0 Å². The van der Waals surface area contributed by atoms with Crippen LogP contribution in [0.5, 0.6) is 11.6 Å². The van der Waals surface area contributed by atoms with E-state index in [0.29, 0.717) is 12.4 Å². The average molecular weight is 308 g/mol. The summed E-state index contributed by atoms with van der Waals surface area (Å²) in [5, 5.41) is 3.38. The highest BCUT2D eigenvalue weighted by Gasteiger charge is 2.07. The van der Waals surface area contributed by atoms with Crippen LogP contribution in [-0.2, 0) is 13.1 Å². The quantitative estimate of drug-likeness (QED) is 0.731. The van der Waals surface area contributed by atoms with Gasteiger partial charge in [0.2, 0.25) is 5.88 Å². The van der Waals surface area contributed by atoms with Crippen molar-refractivity contribution in [3.05, 3.63) is 71.4 Å². The molecule has 5 nitrogen and oxygen atoms in total. The Morgan fingerprint density at radius 1 is 1.04 bits per heavy atom. The average Bonchev–Trinajstić information content (AvgIpc) is 2.97. The van der Waals surface area contributed by atoms with Crippen molar-refractivity contribution in [2.24, 2.45) is 0 Å². The highest BCUT2D eigenvalue weighted by Crippen LogP contribution is 2.25. The van der Waals surface area contributed by atoms with Gasteiger partial charge in [-0.1, -0.05) is 24.3 Å². The van der Waals surface area contributed by atoms with Crippen LogP contribution in [0.3, 0.4) is 0 Å². The van der Waals surface area contributed by atoms with E-state index in [4.69, 9.17) is 4.74 Å². The van der Waals surface area contributed by atoms with Gasteiger partial charge in [-0.2, -0.15) is 0 Å². The maximum Gasteiger partial charge on any atom is 0.223 e. The molecule has 3 rings (SSSR count). The summed E-state index contributed by atoms with van der Waals surface area (Å²) in [5.74, 6) is 2.39. The van der Waals surface area contributed by atoms with Crippen LogP contribution in [0.4, 0.5) is 0 Å². The molecule has 0 radical (unpaired) electrons. The third kappa shape index (κ3) is 3.96. The van der Waals surface area contributed by atoms with Crippen molar-refractivity contribution >= 4 is 0 Å². The SMILES string of the molecule is Cc1ncc(CNCc2cccnc2Oc2ccccc2C)[nH]1. The molecule has 1 aromatic carbocycles. The van der Waals surface area contributed by atoms with E-state index in [9.17, 15) is 0 Å². The molecule has 0 bridgehead atoms. The molecule has 0 aliphatic rings. The Hall–Kier alpha value is -2.66. The number of nitrogens with one attached hydrogen (secondary N) is 2. The maximum atomic E-state index is 5.98. The van der Waals surface area contributed by atoms with E-state index in [0.717, 1.165) is 34.9 Å². The summed E-state index contributed by atoms with van der Waals surface area (Å²) in [4.78, 5) is 11.8. The number of hydrogen-bond donors (Lipinski definition) is 2. The molecule has 118 valence electrons. The normalized spacial score (nSPS) is 10.7. The Kier molecular flexibility index (Phi) is 4.68. The number of aromatic nitrogens is 3. The number of pyridine rings is 1. The zero-order chi connectivity index (χ0) is 16.1. The number of aryl methyl sites for hydroxylation is 2. The fourth-order valence-corrected chi connectivity index (χ4v) is 2.32. The van der Waals surface area contributed by atoms with E-state index >= 15 is 0 Å². The summed E-state index contributed by atoms with van der Waals surface area (Å²) in [6, 6.07) is 11.9. The number of ether oxygens (including phenoxy) is 1. The molecule has 0 aliphatic heterocycles. The molecular weight excluding hydrogens is 288 g/mol. The number of imidazole rings is 1. The lowest BCUT2D eigenvalue weighted by Crippen LogP contribution is -2.14. The van der Waals surface area contributed by atoms with Crippen LogP contribution in [0.25, 0.3) is 0 Å². The summed E-state index contributed by atoms with van der Waals surface area (Å²) in [6.45, 7) is 5.36. The lowest BCUT2D eigenvalue weighted by Gasteiger charge is -2.12. The van der Waals surface area contributed by atoms with Gasteiger partial charge in [0.15, 0.2) is 0 Å². The van der Waals surface area contributed by atoms with Crippen LogP contribution >= 0.6 is 0 Å². The summed E-state index contributed by atoms with van der Waals surface area (Å²) < 4.78 is 5.98. The summed E-state index contributed by atoms with van der Waals surface area (Å²) >= 11 is 0. The van der Waals surface area contributed by atoms with E-state index in [1.54, 1.807) is 6.20 Å². The van der Waals surface area contributed by atoms with E-state index in [2.05, 4.69) is 20.3 Å². The maximum absolute atomic E-state index is 5.98. The van der Waals surface area contributed by atoms with Crippen LogP contribution in [-0.4, -0.2) is 15.0 Å². The van der Waals surface area contributed by atoms with Crippen molar-refractivity contribution in [1.82, 2.24) is 20.3 Å². The molecule has 0 atom stereocenters. The van der Waals surface area contributed by atoms with Crippen LogP contribution in [0.15, 0.2) is 48.8 Å². The fourth-order valence-electron chi connectivity index (χ4n) is 2.32. The topological polar surface area (TPSA) is 62.8 Å². The van der Waals surface area contributed by atoms with Gasteiger partial charge in [-0.05, 0) is 31.5 Å². The van der Waals surface area contributed by atoms with E-state index in [1.807, 2.05) is 56.4 Å². The molecular formula is C18H20N4O. The lowest BCUT2D eigenvalue weighted by molar-refractivity contribution is 0.449. The first-order valence-electron chi connectivity index (χ1n) is 7.61. The zero-order valence-electron chi connectivity index (χ0n) is 13.3. The summed E-state index contributed by atoms with van der Waals surface area (Å²) in [5.41, 5.74) is 3.17. The predicted molar refractivity (Wildman–Crippen MR) is 89.4 cm³/mol. The number of rotatable bonds is 6. The minimum absolute atomic E-state index is 0.634. The monoisotopic (exact) mass is 308 g/mol. The molecule has 2 aromatic heterocycles. The van der Waals surface area contributed by atoms with Gasteiger partial charge in [0.1, 0.15) is 11.6 Å². The molecule has 0 fully saturated rings. The Labute approximate surface area is 135 Å². The molecule has 0 saturated carbocycles. The van der Waals surface area contributed by atoms with Crippen molar-refractivity contribution in [2.45, 2.75) is 26.9 Å². The largest absolute Gasteiger partial charge is 0.438 e. The molecule has 2 N–H and O–H groups in total. The number of benzene rings is 1. The first-order valence-corrected chi connectivity index (χ1v) is 7.61. The molecule has 2 heterocycles. The number of H-pyrrole nitrogens is 1. The number of nitrogens with zero attached hydrogens (tertiary/aromatic N) is 2. The fraction of sp³-hybridized carbons (Fsp3) is 0.222. The molecule has 0 unspecified atom stereocenters. The molecule has 0 spiro atoms.